The number of aromatic nitrogens is 2. The maximum Gasteiger partial charge on any atom is 0.153 e. The summed E-state index contributed by atoms with van der Waals surface area (Å²) in [5.41, 5.74) is 10.7. The van der Waals surface area contributed by atoms with Gasteiger partial charge in [-0.15, -0.1) is 0 Å². The van der Waals surface area contributed by atoms with Gasteiger partial charge in [0.15, 0.2) is 5.82 Å². The fourth-order valence-corrected chi connectivity index (χ4v) is 2.28. The van der Waals surface area contributed by atoms with E-state index in [-0.39, 0.29) is 0 Å². The van der Waals surface area contributed by atoms with Gasteiger partial charge in [-0.3, -0.25) is 5.10 Å². The molecule has 0 unspecified atom stereocenters. The molecule has 0 bridgehead atoms. The van der Waals surface area contributed by atoms with Crippen LogP contribution < -0.4 is 5.73 Å². The Labute approximate surface area is 101 Å². The maximum atomic E-state index is 5.98. The summed E-state index contributed by atoms with van der Waals surface area (Å²) in [5, 5.41) is 7.24. The van der Waals surface area contributed by atoms with E-state index in [0.717, 1.165) is 17.9 Å². The lowest BCUT2D eigenvalue weighted by molar-refractivity contribution is 0.798. The van der Waals surface area contributed by atoms with E-state index < -0.39 is 0 Å². The highest BCUT2D eigenvalue weighted by atomic mass is 15.2. The highest BCUT2D eigenvalue weighted by Gasteiger charge is 2.25. The summed E-state index contributed by atoms with van der Waals surface area (Å²) in [5.74, 6) is 1.45. The molecule has 17 heavy (non-hydrogen) atoms. The van der Waals surface area contributed by atoms with Crippen molar-refractivity contribution < 1.29 is 0 Å². The van der Waals surface area contributed by atoms with Gasteiger partial charge in [-0.1, -0.05) is 29.8 Å². The van der Waals surface area contributed by atoms with E-state index >= 15 is 0 Å². The number of benzene rings is 1. The zero-order valence-electron chi connectivity index (χ0n) is 10.0. The van der Waals surface area contributed by atoms with Gasteiger partial charge in [0.05, 0.1) is 0 Å². The SMILES string of the molecule is Cc1cccc(-c2c(N)n[nH]c2CC2CC2)c1. The van der Waals surface area contributed by atoms with Crippen LogP contribution in [-0.4, -0.2) is 10.2 Å². The molecule has 0 radical (unpaired) electrons. The molecular weight excluding hydrogens is 210 g/mol. The molecule has 88 valence electrons. The van der Waals surface area contributed by atoms with Gasteiger partial charge in [0.1, 0.15) is 0 Å². The highest BCUT2D eigenvalue weighted by molar-refractivity contribution is 5.76. The summed E-state index contributed by atoms with van der Waals surface area (Å²) in [6, 6.07) is 8.43. The van der Waals surface area contributed by atoms with E-state index in [1.165, 1.54) is 29.7 Å². The first-order valence-electron chi connectivity index (χ1n) is 6.14. The Morgan fingerprint density at radius 3 is 2.94 bits per heavy atom. The van der Waals surface area contributed by atoms with Gasteiger partial charge in [0, 0.05) is 11.3 Å². The number of nitrogens with two attached hydrogens (primary N) is 1. The number of nitrogens with one attached hydrogen (secondary N) is 1. The highest BCUT2D eigenvalue weighted by Crippen LogP contribution is 2.36. The van der Waals surface area contributed by atoms with Crippen molar-refractivity contribution >= 4 is 5.82 Å². The van der Waals surface area contributed by atoms with Crippen molar-refractivity contribution in [3.63, 3.8) is 0 Å². The fraction of sp³-hybridized carbons (Fsp3) is 0.357. The predicted molar refractivity (Wildman–Crippen MR) is 69.6 cm³/mol. The average Bonchev–Trinajstić information content (AvgIpc) is 3.03. The average molecular weight is 227 g/mol. The molecule has 1 heterocycles. The van der Waals surface area contributed by atoms with Crippen LogP contribution in [0, 0.1) is 12.8 Å². The normalized spacial score (nSPS) is 15.1. The van der Waals surface area contributed by atoms with Gasteiger partial charge in [-0.2, -0.15) is 5.10 Å². The molecule has 1 aromatic carbocycles. The van der Waals surface area contributed by atoms with Crippen LogP contribution in [-0.2, 0) is 6.42 Å². The van der Waals surface area contributed by atoms with Gasteiger partial charge in [-0.05, 0) is 37.7 Å². The molecule has 3 rings (SSSR count). The Morgan fingerprint density at radius 2 is 2.24 bits per heavy atom. The van der Waals surface area contributed by atoms with Crippen molar-refractivity contribution in [1.29, 1.82) is 0 Å². The molecule has 3 N–H and O–H groups in total. The molecule has 0 aliphatic heterocycles. The van der Waals surface area contributed by atoms with E-state index in [0.29, 0.717) is 5.82 Å². The van der Waals surface area contributed by atoms with Crippen LogP contribution >= 0.6 is 0 Å². The second-order valence-corrected chi connectivity index (χ2v) is 4.98. The van der Waals surface area contributed by atoms with Crippen molar-refractivity contribution in [3.05, 3.63) is 35.5 Å². The lowest BCUT2D eigenvalue weighted by Gasteiger charge is -2.04. The monoisotopic (exact) mass is 227 g/mol. The van der Waals surface area contributed by atoms with Crippen LogP contribution in [0.15, 0.2) is 24.3 Å². The lowest BCUT2D eigenvalue weighted by Crippen LogP contribution is -1.93. The summed E-state index contributed by atoms with van der Waals surface area (Å²) < 4.78 is 0. The third-order valence-electron chi connectivity index (χ3n) is 3.37. The molecule has 3 nitrogen and oxygen atoms in total. The third kappa shape index (κ3) is 2.05. The van der Waals surface area contributed by atoms with E-state index in [1.807, 2.05) is 0 Å². The van der Waals surface area contributed by atoms with E-state index in [9.17, 15) is 0 Å². The smallest absolute Gasteiger partial charge is 0.153 e. The molecule has 0 saturated heterocycles. The Kier molecular flexibility index (Phi) is 2.39. The number of H-pyrrole nitrogens is 1. The molecule has 0 amide bonds. The molecule has 1 fully saturated rings. The first kappa shape index (κ1) is 10.4. The number of aromatic amines is 1. The van der Waals surface area contributed by atoms with Crippen LogP contribution in [0.2, 0.25) is 0 Å². The Balaban J connectivity index is 2.02. The Bertz CT molecular complexity index is 538. The second-order valence-electron chi connectivity index (χ2n) is 4.98. The van der Waals surface area contributed by atoms with Crippen LogP contribution in [0.25, 0.3) is 11.1 Å². The van der Waals surface area contributed by atoms with E-state index in [4.69, 9.17) is 5.73 Å². The zero-order chi connectivity index (χ0) is 11.8. The first-order valence-corrected chi connectivity index (χ1v) is 6.14. The van der Waals surface area contributed by atoms with Crippen molar-refractivity contribution in [2.24, 2.45) is 5.92 Å². The van der Waals surface area contributed by atoms with Gasteiger partial charge in [-0.25, -0.2) is 0 Å². The fourth-order valence-electron chi connectivity index (χ4n) is 2.28. The Hall–Kier alpha value is -1.77. The number of nitrogens with zero attached hydrogens (tertiary/aromatic N) is 1. The largest absolute Gasteiger partial charge is 0.382 e. The van der Waals surface area contributed by atoms with Crippen LogP contribution in [0.3, 0.4) is 0 Å². The molecule has 1 saturated carbocycles. The van der Waals surface area contributed by atoms with Gasteiger partial charge in [0.25, 0.3) is 0 Å². The lowest BCUT2D eigenvalue weighted by atomic mass is 10.0. The molecule has 1 aliphatic carbocycles. The number of rotatable bonds is 3. The Morgan fingerprint density at radius 1 is 1.41 bits per heavy atom. The maximum absolute atomic E-state index is 5.98. The summed E-state index contributed by atoms with van der Waals surface area (Å²) in [6.45, 7) is 2.10. The number of nitrogen functional groups attached to an aromatic ring is 1. The molecular formula is C14H17N3. The van der Waals surface area contributed by atoms with Gasteiger partial charge in [0.2, 0.25) is 0 Å². The minimum atomic E-state index is 0.617. The summed E-state index contributed by atoms with van der Waals surface area (Å²) in [4.78, 5) is 0. The van der Waals surface area contributed by atoms with Crippen molar-refractivity contribution in [2.45, 2.75) is 26.2 Å². The number of hydrogen-bond acceptors (Lipinski definition) is 2. The first-order chi connectivity index (χ1) is 8.24. The van der Waals surface area contributed by atoms with Gasteiger partial charge >= 0.3 is 0 Å². The molecule has 1 aliphatic rings. The summed E-state index contributed by atoms with van der Waals surface area (Å²) >= 11 is 0. The van der Waals surface area contributed by atoms with E-state index in [1.54, 1.807) is 0 Å². The number of anilines is 1. The predicted octanol–water partition coefficient (Wildman–Crippen LogP) is 2.92. The van der Waals surface area contributed by atoms with E-state index in [2.05, 4.69) is 41.4 Å². The number of aryl methyl sites for hydroxylation is 1. The van der Waals surface area contributed by atoms with Crippen LogP contribution in [0.4, 0.5) is 5.82 Å². The van der Waals surface area contributed by atoms with Crippen molar-refractivity contribution in [2.75, 3.05) is 5.73 Å². The minimum absolute atomic E-state index is 0.617. The summed E-state index contributed by atoms with van der Waals surface area (Å²) in [7, 11) is 0. The molecule has 1 aromatic heterocycles. The van der Waals surface area contributed by atoms with Crippen molar-refractivity contribution in [1.82, 2.24) is 10.2 Å². The summed E-state index contributed by atoms with van der Waals surface area (Å²) in [6.07, 6.45) is 3.76. The minimum Gasteiger partial charge on any atom is -0.382 e. The van der Waals surface area contributed by atoms with Gasteiger partial charge < -0.3 is 5.73 Å². The topological polar surface area (TPSA) is 54.7 Å². The molecule has 0 atom stereocenters. The quantitative estimate of drug-likeness (QED) is 0.847. The zero-order valence-corrected chi connectivity index (χ0v) is 10.0. The van der Waals surface area contributed by atoms with Crippen LogP contribution in [0.1, 0.15) is 24.1 Å². The second kappa shape index (κ2) is 3.91. The molecule has 3 heteroatoms. The number of hydrogen-bond donors (Lipinski definition) is 2. The van der Waals surface area contributed by atoms with Crippen LogP contribution in [0.5, 0.6) is 0 Å². The molecule has 2 aromatic rings. The third-order valence-corrected chi connectivity index (χ3v) is 3.37. The molecule has 0 spiro atoms. The van der Waals surface area contributed by atoms with Crippen molar-refractivity contribution in [3.8, 4) is 11.1 Å². The standard InChI is InChI=1S/C14H17N3/c1-9-3-2-4-11(7-9)13-12(8-10-5-6-10)16-17-14(13)15/h2-4,7,10H,5-6,8H2,1H3,(H3,15,16,17).